The molecule has 0 aromatic heterocycles. The monoisotopic (exact) mass is 153 g/mol. The molecule has 1 rings (SSSR count). The molecule has 1 aliphatic rings. The minimum Gasteiger partial charge on any atom is -0.324 e. The van der Waals surface area contributed by atoms with Gasteiger partial charge in [0.05, 0.1) is 0 Å². The van der Waals surface area contributed by atoms with Gasteiger partial charge < -0.3 is 5.32 Å². The van der Waals surface area contributed by atoms with E-state index in [0.29, 0.717) is 0 Å². The zero-order valence-corrected chi connectivity index (χ0v) is 6.52. The van der Waals surface area contributed by atoms with Gasteiger partial charge >= 0.3 is 0 Å². The summed E-state index contributed by atoms with van der Waals surface area (Å²) < 4.78 is 0. The van der Waals surface area contributed by atoms with Gasteiger partial charge in [0.1, 0.15) is 0 Å². The summed E-state index contributed by atoms with van der Waals surface area (Å²) in [5.74, 6) is -0.934. The lowest BCUT2D eigenvalue weighted by molar-refractivity contribution is -0.136. The van der Waals surface area contributed by atoms with Crippen LogP contribution in [-0.4, -0.2) is 11.7 Å². The molecule has 0 aliphatic heterocycles. The van der Waals surface area contributed by atoms with E-state index in [9.17, 15) is 9.59 Å². The Labute approximate surface area is 65.5 Å². The number of hydrogen-bond acceptors (Lipinski definition) is 2. The van der Waals surface area contributed by atoms with Crippen LogP contribution in [0.4, 0.5) is 0 Å². The van der Waals surface area contributed by atoms with Crippen molar-refractivity contribution in [3.63, 3.8) is 0 Å². The standard InChI is InChI=1S/C8H11NO2/c1-6(10)8(11)9-7-4-2-3-5-7/h4H,2-3,5H2,1H3,(H,9,11). The van der Waals surface area contributed by atoms with Crippen LogP contribution < -0.4 is 5.32 Å². The zero-order valence-electron chi connectivity index (χ0n) is 6.52. The van der Waals surface area contributed by atoms with Crippen molar-refractivity contribution in [3.8, 4) is 0 Å². The fourth-order valence-electron chi connectivity index (χ4n) is 1.02. The van der Waals surface area contributed by atoms with Crippen LogP contribution in [0.3, 0.4) is 0 Å². The first-order valence-corrected chi connectivity index (χ1v) is 3.71. The van der Waals surface area contributed by atoms with Crippen LogP contribution in [0.2, 0.25) is 0 Å². The minimum atomic E-state index is -0.502. The SMILES string of the molecule is CC(=O)C(=O)NC1=CCCC1. The highest BCUT2D eigenvalue weighted by Crippen LogP contribution is 2.14. The van der Waals surface area contributed by atoms with Gasteiger partial charge in [0.15, 0.2) is 0 Å². The summed E-state index contributed by atoms with van der Waals surface area (Å²) in [6, 6.07) is 0. The summed E-state index contributed by atoms with van der Waals surface area (Å²) in [7, 11) is 0. The summed E-state index contributed by atoms with van der Waals surface area (Å²) in [5.41, 5.74) is 0.894. The molecule has 0 spiro atoms. The molecule has 0 saturated heterocycles. The third-order valence-corrected chi connectivity index (χ3v) is 1.63. The van der Waals surface area contributed by atoms with Gasteiger partial charge in [0.2, 0.25) is 5.78 Å². The van der Waals surface area contributed by atoms with Gasteiger partial charge in [-0.3, -0.25) is 9.59 Å². The minimum absolute atomic E-state index is 0.433. The Kier molecular flexibility index (Phi) is 2.41. The van der Waals surface area contributed by atoms with E-state index in [1.165, 1.54) is 6.92 Å². The summed E-state index contributed by atoms with van der Waals surface area (Å²) >= 11 is 0. The molecular formula is C8H11NO2. The zero-order chi connectivity index (χ0) is 8.27. The Bertz CT molecular complexity index is 218. The number of ketones is 1. The topological polar surface area (TPSA) is 46.2 Å². The van der Waals surface area contributed by atoms with Crippen molar-refractivity contribution in [1.82, 2.24) is 5.32 Å². The maximum absolute atomic E-state index is 10.8. The molecule has 0 aromatic rings. The molecule has 3 heteroatoms. The number of rotatable bonds is 2. The quantitative estimate of drug-likeness (QED) is 0.595. The van der Waals surface area contributed by atoms with Gasteiger partial charge in [-0.05, 0) is 19.3 Å². The highest BCUT2D eigenvalue weighted by molar-refractivity contribution is 6.35. The molecule has 0 fully saturated rings. The Morgan fingerprint density at radius 2 is 2.27 bits per heavy atom. The van der Waals surface area contributed by atoms with Crippen LogP contribution in [0.1, 0.15) is 26.2 Å². The summed E-state index contributed by atoms with van der Waals surface area (Å²) in [4.78, 5) is 21.3. The lowest BCUT2D eigenvalue weighted by Crippen LogP contribution is -2.27. The molecular weight excluding hydrogens is 142 g/mol. The normalized spacial score (nSPS) is 15.9. The van der Waals surface area contributed by atoms with E-state index in [4.69, 9.17) is 0 Å². The van der Waals surface area contributed by atoms with Crippen LogP contribution in [0.5, 0.6) is 0 Å². The van der Waals surface area contributed by atoms with Crippen LogP contribution in [0.25, 0.3) is 0 Å². The van der Waals surface area contributed by atoms with Gasteiger partial charge in [0, 0.05) is 12.6 Å². The van der Waals surface area contributed by atoms with Crippen LogP contribution in [0.15, 0.2) is 11.8 Å². The van der Waals surface area contributed by atoms with Crippen molar-refractivity contribution >= 4 is 11.7 Å². The first-order valence-electron chi connectivity index (χ1n) is 3.71. The molecule has 60 valence electrons. The molecule has 0 heterocycles. The van der Waals surface area contributed by atoms with Crippen molar-refractivity contribution < 1.29 is 9.59 Å². The van der Waals surface area contributed by atoms with Crippen molar-refractivity contribution in [2.24, 2.45) is 0 Å². The summed E-state index contributed by atoms with van der Waals surface area (Å²) in [5, 5.41) is 2.55. The van der Waals surface area contributed by atoms with E-state index in [0.717, 1.165) is 25.0 Å². The molecule has 1 aliphatic carbocycles. The lowest BCUT2D eigenvalue weighted by atomic mass is 10.3. The van der Waals surface area contributed by atoms with E-state index in [1.54, 1.807) is 0 Å². The maximum atomic E-state index is 10.8. The highest BCUT2D eigenvalue weighted by atomic mass is 16.2. The summed E-state index contributed by atoms with van der Waals surface area (Å²) in [6.45, 7) is 1.27. The van der Waals surface area contributed by atoms with Gasteiger partial charge in [-0.1, -0.05) is 6.08 Å². The molecule has 0 atom stereocenters. The fourth-order valence-corrected chi connectivity index (χ4v) is 1.02. The average molecular weight is 153 g/mol. The second-order valence-electron chi connectivity index (χ2n) is 2.63. The Balaban J connectivity index is 2.42. The Hall–Kier alpha value is -1.12. The smallest absolute Gasteiger partial charge is 0.291 e. The fraction of sp³-hybridized carbons (Fsp3) is 0.500. The number of carbonyl (C=O) groups is 2. The van der Waals surface area contributed by atoms with Crippen molar-refractivity contribution in [3.05, 3.63) is 11.8 Å². The Morgan fingerprint density at radius 3 is 2.73 bits per heavy atom. The molecule has 0 saturated carbocycles. The third-order valence-electron chi connectivity index (χ3n) is 1.63. The number of allylic oxidation sites excluding steroid dienone is 2. The number of hydrogen-bond donors (Lipinski definition) is 1. The second kappa shape index (κ2) is 3.32. The first kappa shape index (κ1) is 7.98. The molecule has 1 N–H and O–H groups in total. The van der Waals surface area contributed by atoms with Gasteiger partial charge in [-0.2, -0.15) is 0 Å². The highest BCUT2D eigenvalue weighted by Gasteiger charge is 2.11. The van der Waals surface area contributed by atoms with Crippen molar-refractivity contribution in [2.45, 2.75) is 26.2 Å². The van der Waals surface area contributed by atoms with Crippen molar-refractivity contribution in [2.75, 3.05) is 0 Å². The van der Waals surface area contributed by atoms with E-state index in [1.807, 2.05) is 6.08 Å². The molecule has 0 bridgehead atoms. The predicted molar refractivity (Wildman–Crippen MR) is 40.8 cm³/mol. The van der Waals surface area contributed by atoms with Crippen LogP contribution in [0, 0.1) is 0 Å². The molecule has 1 amide bonds. The number of amides is 1. The molecule has 0 unspecified atom stereocenters. The van der Waals surface area contributed by atoms with Crippen LogP contribution >= 0.6 is 0 Å². The maximum Gasteiger partial charge on any atom is 0.291 e. The predicted octanol–water partition coefficient (Wildman–Crippen LogP) is 0.759. The first-order chi connectivity index (χ1) is 5.20. The van der Waals surface area contributed by atoms with E-state index in [2.05, 4.69) is 5.32 Å². The average Bonchev–Trinajstić information content (AvgIpc) is 2.39. The lowest BCUT2D eigenvalue weighted by Gasteiger charge is -2.00. The Morgan fingerprint density at radius 1 is 1.55 bits per heavy atom. The van der Waals surface area contributed by atoms with Gasteiger partial charge in [-0.25, -0.2) is 0 Å². The van der Waals surface area contributed by atoms with Crippen molar-refractivity contribution in [1.29, 1.82) is 0 Å². The number of carbonyl (C=O) groups excluding carboxylic acids is 2. The molecule has 3 nitrogen and oxygen atoms in total. The van der Waals surface area contributed by atoms with Crippen LogP contribution in [-0.2, 0) is 9.59 Å². The number of Topliss-reactive ketones (excluding diaryl/α,β-unsaturated/α-hetero) is 1. The molecule has 11 heavy (non-hydrogen) atoms. The van der Waals surface area contributed by atoms with E-state index in [-0.39, 0.29) is 0 Å². The van der Waals surface area contributed by atoms with Gasteiger partial charge in [-0.15, -0.1) is 0 Å². The second-order valence-corrected chi connectivity index (χ2v) is 2.63. The number of nitrogens with one attached hydrogen (secondary N) is 1. The third kappa shape index (κ3) is 2.18. The molecule has 0 aromatic carbocycles. The van der Waals surface area contributed by atoms with E-state index < -0.39 is 11.7 Å². The van der Waals surface area contributed by atoms with E-state index >= 15 is 0 Å². The largest absolute Gasteiger partial charge is 0.324 e. The molecule has 0 radical (unpaired) electrons. The van der Waals surface area contributed by atoms with Gasteiger partial charge in [0.25, 0.3) is 5.91 Å². The summed E-state index contributed by atoms with van der Waals surface area (Å²) in [6.07, 6.45) is 4.93.